The molecule has 16 heteroatoms. The van der Waals surface area contributed by atoms with Crippen molar-refractivity contribution in [2.24, 2.45) is 11.8 Å². The van der Waals surface area contributed by atoms with Gasteiger partial charge in [-0.25, -0.2) is 0 Å². The summed E-state index contributed by atoms with van der Waals surface area (Å²) in [6, 6.07) is -0.779. The number of hydrogen-bond donors (Lipinski definition) is 3. The average Bonchev–Trinajstić information content (AvgIpc) is 3.10. The maximum absolute atomic E-state index is 13.2. The van der Waals surface area contributed by atoms with E-state index in [1.165, 1.54) is 14.0 Å². The second-order valence-corrected chi connectivity index (χ2v) is 16.1. The van der Waals surface area contributed by atoms with Gasteiger partial charge in [-0.1, -0.05) is 38.2 Å². The largest absolute Gasteiger partial charge is 0.462 e. The number of carbonyl (C=O) groups is 4. The third-order valence-corrected chi connectivity index (χ3v) is 10.8. The summed E-state index contributed by atoms with van der Waals surface area (Å²) in [5, 5.41) is 34.5. The molecule has 2 fully saturated rings. The maximum Gasteiger partial charge on any atom is 0.309 e. The molecule has 0 radical (unpaired) electrons. The van der Waals surface area contributed by atoms with Gasteiger partial charge in [0.1, 0.15) is 42.4 Å². The number of likely N-dealkylation sites (N-methyl/N-ethyl adjacent to an activating group) is 1. The van der Waals surface area contributed by atoms with Crippen LogP contribution in [-0.4, -0.2) is 151 Å². The van der Waals surface area contributed by atoms with Crippen LogP contribution in [0.2, 0.25) is 0 Å². The van der Waals surface area contributed by atoms with Gasteiger partial charge < -0.3 is 62.9 Å². The number of carbonyl (C=O) groups excluding carboxylic acids is 4. The van der Waals surface area contributed by atoms with Crippen LogP contribution >= 0.6 is 0 Å². The number of aliphatic hydroxyl groups is 3. The highest BCUT2D eigenvalue weighted by Gasteiger charge is 2.53. The highest BCUT2D eigenvalue weighted by atomic mass is 16.7. The Labute approximate surface area is 337 Å². The standard InChI is InChI=1S/C41H67NO15/c1-11-15-31(46)55-39-26(5)52-33(22-41(39,7)49)56-36-25(4)53-40(35(48)34(36)42(8)9)57-37-28(18-19-43)20-23(2)29(45)17-14-12-13-16-24(3)51-32(47)21-30(38(37)50-10)54-27(6)44/h12-14,17,19,23-26,28-30,33-40,45,48-49H,11,15-16,18,20-22H2,1-10H3/b13-12+,17-14+/t23-,24-,25-,26+,28?,29+,30?,33+,34-,35-,36-,37+,38+,39+,40+,41-/m1/s1. The Morgan fingerprint density at radius 1 is 1.02 bits per heavy atom. The first-order chi connectivity index (χ1) is 26.8. The van der Waals surface area contributed by atoms with Crippen LogP contribution in [0.15, 0.2) is 24.3 Å². The highest BCUT2D eigenvalue weighted by molar-refractivity contribution is 5.72. The zero-order chi connectivity index (χ0) is 42.6. The number of ether oxygens (including phenoxy) is 8. The molecular weight excluding hydrogens is 746 g/mol. The van der Waals surface area contributed by atoms with Crippen LogP contribution in [0.5, 0.6) is 0 Å². The van der Waals surface area contributed by atoms with Crippen molar-refractivity contribution in [1.82, 2.24) is 4.90 Å². The third-order valence-electron chi connectivity index (χ3n) is 10.8. The van der Waals surface area contributed by atoms with E-state index in [1.54, 1.807) is 71.0 Å². The molecule has 0 bridgehead atoms. The van der Waals surface area contributed by atoms with Gasteiger partial charge in [0.15, 0.2) is 18.7 Å². The molecule has 3 aliphatic heterocycles. The Bertz CT molecular complexity index is 1350. The summed E-state index contributed by atoms with van der Waals surface area (Å²) in [7, 11) is 4.85. The first-order valence-electron chi connectivity index (χ1n) is 20.1. The Kier molecular flexibility index (Phi) is 19.2. The Hall–Kier alpha value is -2.80. The molecule has 3 heterocycles. The van der Waals surface area contributed by atoms with E-state index in [9.17, 15) is 34.5 Å². The van der Waals surface area contributed by atoms with Crippen molar-refractivity contribution in [2.45, 2.75) is 179 Å². The summed E-state index contributed by atoms with van der Waals surface area (Å²) in [4.78, 5) is 52.0. The molecule has 16 atom stereocenters. The van der Waals surface area contributed by atoms with E-state index in [4.69, 9.17) is 37.9 Å². The quantitative estimate of drug-likeness (QED) is 0.147. The van der Waals surface area contributed by atoms with Gasteiger partial charge in [0, 0.05) is 39.7 Å². The first-order valence-corrected chi connectivity index (χ1v) is 20.1. The lowest BCUT2D eigenvalue weighted by atomic mass is 9.82. The van der Waals surface area contributed by atoms with Crippen LogP contribution in [-0.2, 0) is 57.1 Å². The number of rotatable bonds is 12. The van der Waals surface area contributed by atoms with Gasteiger partial charge in [-0.2, -0.15) is 0 Å². The normalized spacial score (nSPS) is 41.1. The van der Waals surface area contributed by atoms with Crippen LogP contribution in [0.3, 0.4) is 0 Å². The van der Waals surface area contributed by atoms with Crippen LogP contribution in [0, 0.1) is 11.8 Å². The lowest BCUT2D eigenvalue weighted by Gasteiger charge is -2.50. The first kappa shape index (κ1) is 48.6. The minimum atomic E-state index is -1.49. The minimum Gasteiger partial charge on any atom is -0.462 e. The van der Waals surface area contributed by atoms with E-state index >= 15 is 0 Å². The van der Waals surface area contributed by atoms with Gasteiger partial charge in [0.2, 0.25) is 0 Å². The minimum absolute atomic E-state index is 0.0416. The van der Waals surface area contributed by atoms with Gasteiger partial charge in [0.25, 0.3) is 0 Å². The Morgan fingerprint density at radius 3 is 2.32 bits per heavy atom. The fourth-order valence-corrected chi connectivity index (χ4v) is 7.96. The Balaban J connectivity index is 1.99. The molecule has 2 unspecified atom stereocenters. The summed E-state index contributed by atoms with van der Waals surface area (Å²) in [6.07, 6.45) is -3.45. The van der Waals surface area contributed by atoms with E-state index in [-0.39, 0.29) is 25.7 Å². The molecule has 0 spiro atoms. The van der Waals surface area contributed by atoms with E-state index in [0.717, 1.165) is 0 Å². The Morgan fingerprint density at radius 2 is 1.72 bits per heavy atom. The van der Waals surface area contributed by atoms with Gasteiger partial charge in [-0.05, 0) is 66.5 Å². The zero-order valence-electron chi connectivity index (χ0n) is 35.2. The van der Waals surface area contributed by atoms with Crippen molar-refractivity contribution >= 4 is 24.2 Å². The van der Waals surface area contributed by atoms with E-state index in [2.05, 4.69) is 0 Å². The van der Waals surface area contributed by atoms with Gasteiger partial charge >= 0.3 is 17.9 Å². The summed E-state index contributed by atoms with van der Waals surface area (Å²) in [6.45, 7) is 11.6. The lowest BCUT2D eigenvalue weighted by Crippen LogP contribution is -2.66. The molecule has 326 valence electrons. The topological polar surface area (TPSA) is 206 Å². The number of methoxy groups -OCH3 is 1. The van der Waals surface area contributed by atoms with Crippen molar-refractivity contribution in [3.8, 4) is 0 Å². The van der Waals surface area contributed by atoms with Crippen LogP contribution < -0.4 is 0 Å². The average molecular weight is 814 g/mol. The van der Waals surface area contributed by atoms with Gasteiger partial charge in [-0.15, -0.1) is 0 Å². The number of esters is 3. The molecule has 3 rings (SSSR count). The van der Waals surface area contributed by atoms with Crippen molar-refractivity contribution in [3.63, 3.8) is 0 Å². The molecule has 0 aromatic heterocycles. The predicted molar refractivity (Wildman–Crippen MR) is 205 cm³/mol. The van der Waals surface area contributed by atoms with Crippen molar-refractivity contribution < 1.29 is 72.4 Å². The second-order valence-electron chi connectivity index (χ2n) is 16.1. The number of hydrogen-bond acceptors (Lipinski definition) is 16. The molecule has 57 heavy (non-hydrogen) atoms. The van der Waals surface area contributed by atoms with E-state index < -0.39 is 121 Å². The number of aldehydes is 1. The van der Waals surface area contributed by atoms with E-state index in [1.807, 2.05) is 13.8 Å². The molecule has 0 aromatic carbocycles. The SMILES string of the molecule is CCCC(=O)O[C@H]1[C@H](C)O[C@@H](O[C@H]2[C@H](N(C)C)[C@@H](O)[C@H](O[C@H]3C(CC=O)C[C@@H](C)[C@@H](O)/C=C/C=C/C[C@@H](C)OC(=O)CC(OC(C)=O)[C@@H]3OC)O[C@@H]2C)C[C@@]1(C)O. The van der Waals surface area contributed by atoms with Gasteiger partial charge in [-0.3, -0.25) is 14.4 Å². The van der Waals surface area contributed by atoms with Gasteiger partial charge in [0.05, 0.1) is 36.9 Å². The highest BCUT2D eigenvalue weighted by Crippen LogP contribution is 2.37. The fourth-order valence-electron chi connectivity index (χ4n) is 7.96. The fraction of sp³-hybridized carbons (Fsp3) is 0.805. The molecular formula is C41H67NO15. The maximum atomic E-state index is 13.2. The molecule has 16 nitrogen and oxygen atoms in total. The van der Waals surface area contributed by atoms with Crippen LogP contribution in [0.25, 0.3) is 0 Å². The molecule has 3 aliphatic rings. The summed E-state index contributed by atoms with van der Waals surface area (Å²) in [5.74, 6) is -2.88. The van der Waals surface area contributed by atoms with Crippen molar-refractivity contribution in [1.29, 1.82) is 0 Å². The van der Waals surface area contributed by atoms with Crippen LogP contribution in [0.4, 0.5) is 0 Å². The molecule has 0 aromatic rings. The third kappa shape index (κ3) is 13.9. The second kappa shape index (κ2) is 22.5. The number of nitrogens with zero attached hydrogens (tertiary/aromatic N) is 1. The molecule has 0 saturated carbocycles. The summed E-state index contributed by atoms with van der Waals surface area (Å²) in [5.41, 5.74) is -1.49. The predicted octanol–water partition coefficient (Wildman–Crippen LogP) is 2.77. The number of allylic oxidation sites excluding steroid dienone is 2. The molecule has 0 aliphatic carbocycles. The lowest BCUT2D eigenvalue weighted by molar-refractivity contribution is -0.344. The molecule has 0 amide bonds. The molecule has 2 saturated heterocycles. The smallest absolute Gasteiger partial charge is 0.309 e. The van der Waals surface area contributed by atoms with Crippen molar-refractivity contribution in [2.75, 3.05) is 21.2 Å². The van der Waals surface area contributed by atoms with Crippen molar-refractivity contribution in [3.05, 3.63) is 24.3 Å². The monoisotopic (exact) mass is 813 g/mol. The molecule has 3 N–H and O–H groups in total. The zero-order valence-corrected chi connectivity index (χ0v) is 35.2. The number of aliphatic hydroxyl groups excluding tert-OH is 2. The number of cyclic esters (lactones) is 1. The summed E-state index contributed by atoms with van der Waals surface area (Å²) < 4.78 is 48.4. The van der Waals surface area contributed by atoms with Crippen LogP contribution in [0.1, 0.15) is 93.4 Å². The van der Waals surface area contributed by atoms with E-state index in [0.29, 0.717) is 19.1 Å². The summed E-state index contributed by atoms with van der Waals surface area (Å²) >= 11 is 0.